The number of hydrogen-bond acceptors (Lipinski definition) is 3. The lowest BCUT2D eigenvalue weighted by molar-refractivity contribution is 0.0952. The first-order valence-electron chi connectivity index (χ1n) is 5.42. The summed E-state index contributed by atoms with van der Waals surface area (Å²) in [6.07, 6.45) is 2.43. The maximum Gasteiger partial charge on any atom is 0.253 e. The molecule has 0 spiro atoms. The van der Waals surface area contributed by atoms with E-state index >= 15 is 0 Å². The number of methoxy groups -OCH3 is 1. The van der Waals surface area contributed by atoms with Gasteiger partial charge in [0.15, 0.2) is 0 Å². The zero-order valence-electron chi connectivity index (χ0n) is 9.32. The summed E-state index contributed by atoms with van der Waals surface area (Å²) in [4.78, 5) is 11.8. The number of carbonyl (C=O) groups excluding carboxylic acids is 1. The Labute approximate surface area is 94.8 Å². The lowest BCUT2D eigenvalue weighted by Crippen LogP contribution is -2.26. The second kappa shape index (κ2) is 4.43. The van der Waals surface area contributed by atoms with Crippen LogP contribution in [0.4, 0.5) is 5.69 Å². The Balaban J connectivity index is 2.07. The molecule has 3 N–H and O–H groups in total. The topological polar surface area (TPSA) is 64.3 Å². The van der Waals surface area contributed by atoms with E-state index in [4.69, 9.17) is 10.5 Å². The SMILES string of the molecule is COc1ccc(N)c(C(=O)NCC2CC2)c1. The first-order chi connectivity index (χ1) is 7.70. The van der Waals surface area contributed by atoms with Gasteiger partial charge in [0.1, 0.15) is 5.75 Å². The highest BCUT2D eigenvalue weighted by molar-refractivity contribution is 5.99. The van der Waals surface area contributed by atoms with E-state index in [-0.39, 0.29) is 5.91 Å². The molecule has 0 radical (unpaired) electrons. The van der Waals surface area contributed by atoms with Crippen molar-refractivity contribution in [1.82, 2.24) is 5.32 Å². The summed E-state index contributed by atoms with van der Waals surface area (Å²) in [7, 11) is 1.57. The highest BCUT2D eigenvalue weighted by Crippen LogP contribution is 2.28. The summed E-state index contributed by atoms with van der Waals surface area (Å²) in [5.41, 5.74) is 6.72. The highest BCUT2D eigenvalue weighted by Gasteiger charge is 2.22. The molecule has 0 aromatic heterocycles. The normalized spacial score (nSPS) is 14.6. The number of nitrogen functional groups attached to an aromatic ring is 1. The molecular formula is C12H16N2O2. The molecule has 1 fully saturated rings. The first kappa shape index (κ1) is 10.8. The van der Waals surface area contributed by atoms with Crippen molar-refractivity contribution in [3.05, 3.63) is 23.8 Å². The largest absolute Gasteiger partial charge is 0.497 e. The van der Waals surface area contributed by atoms with Crippen LogP contribution in [-0.4, -0.2) is 19.6 Å². The fraction of sp³-hybridized carbons (Fsp3) is 0.417. The second-order valence-electron chi connectivity index (χ2n) is 4.11. The van der Waals surface area contributed by atoms with Gasteiger partial charge in [0.05, 0.1) is 12.7 Å². The molecule has 0 bridgehead atoms. The summed E-state index contributed by atoms with van der Waals surface area (Å²) in [5.74, 6) is 1.19. The van der Waals surface area contributed by atoms with Gasteiger partial charge < -0.3 is 15.8 Å². The molecule has 16 heavy (non-hydrogen) atoms. The third-order valence-corrected chi connectivity index (χ3v) is 2.75. The monoisotopic (exact) mass is 220 g/mol. The average molecular weight is 220 g/mol. The summed E-state index contributed by atoms with van der Waals surface area (Å²) >= 11 is 0. The average Bonchev–Trinajstić information content (AvgIpc) is 3.10. The molecule has 0 saturated heterocycles. The van der Waals surface area contributed by atoms with Crippen LogP contribution in [0.15, 0.2) is 18.2 Å². The Morgan fingerprint density at radius 1 is 1.56 bits per heavy atom. The van der Waals surface area contributed by atoms with Crippen molar-refractivity contribution >= 4 is 11.6 Å². The molecule has 1 aromatic carbocycles. The smallest absolute Gasteiger partial charge is 0.253 e. The molecule has 1 aliphatic carbocycles. The van der Waals surface area contributed by atoms with Gasteiger partial charge in [-0.2, -0.15) is 0 Å². The second-order valence-corrected chi connectivity index (χ2v) is 4.11. The van der Waals surface area contributed by atoms with Crippen LogP contribution in [0.2, 0.25) is 0 Å². The molecule has 2 rings (SSSR count). The number of amides is 1. The number of ether oxygens (including phenoxy) is 1. The third-order valence-electron chi connectivity index (χ3n) is 2.75. The van der Waals surface area contributed by atoms with E-state index in [1.165, 1.54) is 12.8 Å². The molecule has 86 valence electrons. The van der Waals surface area contributed by atoms with Crippen LogP contribution >= 0.6 is 0 Å². The van der Waals surface area contributed by atoms with Gasteiger partial charge in [0.2, 0.25) is 0 Å². The molecule has 4 nitrogen and oxygen atoms in total. The van der Waals surface area contributed by atoms with Crippen molar-refractivity contribution in [3.8, 4) is 5.75 Å². The van der Waals surface area contributed by atoms with Crippen LogP contribution in [0.3, 0.4) is 0 Å². The van der Waals surface area contributed by atoms with Crippen molar-refractivity contribution in [2.75, 3.05) is 19.4 Å². The Kier molecular flexibility index (Phi) is 2.99. The van der Waals surface area contributed by atoms with Crippen LogP contribution < -0.4 is 15.8 Å². The minimum Gasteiger partial charge on any atom is -0.497 e. The molecule has 0 aliphatic heterocycles. The number of benzene rings is 1. The van der Waals surface area contributed by atoms with Crippen LogP contribution in [0.5, 0.6) is 5.75 Å². The van der Waals surface area contributed by atoms with E-state index in [1.807, 2.05) is 0 Å². The van der Waals surface area contributed by atoms with Crippen molar-refractivity contribution in [2.45, 2.75) is 12.8 Å². The lowest BCUT2D eigenvalue weighted by atomic mass is 10.1. The van der Waals surface area contributed by atoms with Crippen LogP contribution in [0.1, 0.15) is 23.2 Å². The number of nitrogens with two attached hydrogens (primary N) is 1. The van der Waals surface area contributed by atoms with E-state index in [2.05, 4.69) is 5.32 Å². The molecular weight excluding hydrogens is 204 g/mol. The predicted molar refractivity (Wildman–Crippen MR) is 62.5 cm³/mol. The van der Waals surface area contributed by atoms with Gasteiger partial charge >= 0.3 is 0 Å². The standard InChI is InChI=1S/C12H16N2O2/c1-16-9-4-5-11(13)10(6-9)12(15)14-7-8-2-3-8/h4-6,8H,2-3,7,13H2,1H3,(H,14,15). The van der Waals surface area contributed by atoms with Gasteiger partial charge in [0.25, 0.3) is 5.91 Å². The van der Waals surface area contributed by atoms with Crippen molar-refractivity contribution in [2.24, 2.45) is 5.92 Å². The van der Waals surface area contributed by atoms with Crippen LogP contribution in [0.25, 0.3) is 0 Å². The molecule has 1 aromatic rings. The molecule has 1 aliphatic rings. The molecule has 1 saturated carbocycles. The summed E-state index contributed by atoms with van der Waals surface area (Å²) < 4.78 is 5.06. The van der Waals surface area contributed by atoms with Gasteiger partial charge in [-0.05, 0) is 37.0 Å². The highest BCUT2D eigenvalue weighted by atomic mass is 16.5. The van der Waals surface area contributed by atoms with Crippen molar-refractivity contribution in [3.63, 3.8) is 0 Å². The van der Waals surface area contributed by atoms with Crippen molar-refractivity contribution in [1.29, 1.82) is 0 Å². The predicted octanol–water partition coefficient (Wildman–Crippen LogP) is 1.42. The van der Waals surface area contributed by atoms with E-state index in [1.54, 1.807) is 25.3 Å². The molecule has 1 amide bonds. The number of nitrogens with one attached hydrogen (secondary N) is 1. The van der Waals surface area contributed by atoms with Gasteiger partial charge in [-0.3, -0.25) is 4.79 Å². The molecule has 4 heteroatoms. The van der Waals surface area contributed by atoms with Crippen LogP contribution in [0, 0.1) is 5.92 Å². The molecule has 0 atom stereocenters. The van der Waals surface area contributed by atoms with Gasteiger partial charge in [0, 0.05) is 12.2 Å². The van der Waals surface area contributed by atoms with E-state index in [0.29, 0.717) is 22.9 Å². The van der Waals surface area contributed by atoms with E-state index in [0.717, 1.165) is 6.54 Å². The number of anilines is 1. The minimum atomic E-state index is -0.122. The summed E-state index contributed by atoms with van der Waals surface area (Å²) in [5, 5.41) is 2.88. The van der Waals surface area contributed by atoms with Gasteiger partial charge in [-0.15, -0.1) is 0 Å². The zero-order valence-corrected chi connectivity index (χ0v) is 9.32. The maximum atomic E-state index is 11.8. The minimum absolute atomic E-state index is 0.122. The van der Waals surface area contributed by atoms with Crippen LogP contribution in [-0.2, 0) is 0 Å². The van der Waals surface area contributed by atoms with E-state index < -0.39 is 0 Å². The number of rotatable bonds is 4. The first-order valence-corrected chi connectivity index (χ1v) is 5.42. The van der Waals surface area contributed by atoms with Gasteiger partial charge in [-0.25, -0.2) is 0 Å². The van der Waals surface area contributed by atoms with Gasteiger partial charge in [-0.1, -0.05) is 0 Å². The fourth-order valence-electron chi connectivity index (χ4n) is 1.51. The fourth-order valence-corrected chi connectivity index (χ4v) is 1.51. The maximum absolute atomic E-state index is 11.8. The van der Waals surface area contributed by atoms with Crippen molar-refractivity contribution < 1.29 is 9.53 Å². The number of hydrogen-bond donors (Lipinski definition) is 2. The molecule has 0 heterocycles. The summed E-state index contributed by atoms with van der Waals surface area (Å²) in [6, 6.07) is 5.09. The third kappa shape index (κ3) is 2.45. The van der Waals surface area contributed by atoms with E-state index in [9.17, 15) is 4.79 Å². The Bertz CT molecular complexity index is 400. The summed E-state index contributed by atoms with van der Waals surface area (Å²) in [6.45, 7) is 0.746. The Hall–Kier alpha value is -1.71. The quantitative estimate of drug-likeness (QED) is 0.754. The Morgan fingerprint density at radius 2 is 2.31 bits per heavy atom. The lowest BCUT2D eigenvalue weighted by Gasteiger charge is -2.08. The number of carbonyl (C=O) groups is 1. The zero-order chi connectivity index (χ0) is 11.5. The molecule has 0 unspecified atom stereocenters. The Morgan fingerprint density at radius 3 is 2.94 bits per heavy atom.